The van der Waals surface area contributed by atoms with Gasteiger partial charge in [-0.15, -0.1) is 0 Å². The number of carbonyl (C=O) groups excluding carboxylic acids is 2. The molecule has 200 valence electrons. The van der Waals surface area contributed by atoms with Gasteiger partial charge in [0.15, 0.2) is 0 Å². The number of amides is 3. The summed E-state index contributed by atoms with van der Waals surface area (Å²) < 4.78 is 38.1. The highest BCUT2D eigenvalue weighted by atomic mass is 19.4. The number of nitrogens with two attached hydrogens (primary N) is 1. The first-order valence-electron chi connectivity index (χ1n) is 12.0. The Bertz CT molecular complexity index is 1050. The number of anilines is 2. The lowest BCUT2D eigenvalue weighted by Gasteiger charge is -2.40. The van der Waals surface area contributed by atoms with Crippen LogP contribution in [0.1, 0.15) is 25.5 Å². The van der Waals surface area contributed by atoms with Gasteiger partial charge >= 0.3 is 12.2 Å². The number of hydrogen-bond donors (Lipinski definition) is 2. The summed E-state index contributed by atoms with van der Waals surface area (Å²) in [5.74, 6) is 5.36. The molecule has 1 aliphatic rings. The van der Waals surface area contributed by atoms with E-state index in [4.69, 9.17) is 5.84 Å². The lowest BCUT2D eigenvalue weighted by Crippen LogP contribution is -2.51. The number of nitrogens with zero attached hydrogens (tertiary/aromatic N) is 4. The van der Waals surface area contributed by atoms with Crippen LogP contribution in [0.25, 0.3) is 0 Å². The van der Waals surface area contributed by atoms with E-state index in [1.165, 1.54) is 11.1 Å². The second-order valence-electron chi connectivity index (χ2n) is 9.02. The Labute approximate surface area is 215 Å². The normalized spacial score (nSPS) is 15.3. The van der Waals surface area contributed by atoms with Crippen molar-refractivity contribution in [2.45, 2.75) is 32.1 Å². The van der Waals surface area contributed by atoms with E-state index in [1.54, 1.807) is 42.5 Å². The van der Waals surface area contributed by atoms with Crippen LogP contribution in [0.2, 0.25) is 0 Å². The van der Waals surface area contributed by atoms with Crippen LogP contribution in [0, 0.1) is 0 Å². The van der Waals surface area contributed by atoms with Crippen LogP contribution in [-0.2, 0) is 4.79 Å². The maximum Gasteiger partial charge on any atom is 0.405 e. The van der Waals surface area contributed by atoms with Crippen LogP contribution < -0.4 is 21.1 Å². The third-order valence-electron chi connectivity index (χ3n) is 6.18. The molecule has 1 unspecified atom stereocenters. The average molecular weight is 519 g/mol. The Hall–Kier alpha value is -3.57. The van der Waals surface area contributed by atoms with Gasteiger partial charge in [-0.1, -0.05) is 36.9 Å². The molecule has 3 rings (SSSR count). The molecule has 1 fully saturated rings. The molecule has 0 spiro atoms. The molecule has 37 heavy (non-hydrogen) atoms. The van der Waals surface area contributed by atoms with Crippen molar-refractivity contribution in [3.05, 3.63) is 72.9 Å². The molecule has 3 N–H and O–H groups in total. The molecule has 8 nitrogen and oxygen atoms in total. The summed E-state index contributed by atoms with van der Waals surface area (Å²) in [6, 6.07) is 14.7. The first-order chi connectivity index (χ1) is 17.5. The van der Waals surface area contributed by atoms with Crippen molar-refractivity contribution in [3.63, 3.8) is 0 Å². The van der Waals surface area contributed by atoms with Crippen LogP contribution in [0.4, 0.5) is 29.3 Å². The minimum Gasteiger partial charge on any atom is -0.369 e. The second kappa shape index (κ2) is 12.1. The maximum atomic E-state index is 12.8. The third-order valence-corrected chi connectivity index (χ3v) is 6.18. The van der Waals surface area contributed by atoms with E-state index < -0.39 is 30.7 Å². The number of hydrogen-bond acceptors (Lipinski definition) is 5. The minimum atomic E-state index is -4.48. The van der Waals surface area contributed by atoms with Gasteiger partial charge in [-0.05, 0) is 43.7 Å². The van der Waals surface area contributed by atoms with Crippen LogP contribution in [0.15, 0.2) is 67.4 Å². The molecule has 0 radical (unpaired) electrons. The minimum absolute atomic E-state index is 0.0955. The van der Waals surface area contributed by atoms with Crippen molar-refractivity contribution in [1.82, 2.24) is 15.1 Å². The summed E-state index contributed by atoms with van der Waals surface area (Å²) in [5.41, 5.74) is 2.07. The van der Waals surface area contributed by atoms with E-state index in [-0.39, 0.29) is 6.04 Å². The quantitative estimate of drug-likeness (QED) is 0.315. The predicted molar refractivity (Wildman–Crippen MR) is 138 cm³/mol. The van der Waals surface area contributed by atoms with Gasteiger partial charge in [-0.25, -0.2) is 15.6 Å². The summed E-state index contributed by atoms with van der Waals surface area (Å²) >= 11 is 0. The average Bonchev–Trinajstić information content (AvgIpc) is 2.88. The zero-order valence-corrected chi connectivity index (χ0v) is 21.0. The van der Waals surface area contributed by atoms with Gasteiger partial charge < -0.3 is 10.2 Å². The summed E-state index contributed by atoms with van der Waals surface area (Å²) in [5, 5.41) is 3.10. The topological polar surface area (TPSA) is 85.2 Å². The molecular weight excluding hydrogens is 485 g/mol. The molecule has 1 atom stereocenters. The van der Waals surface area contributed by atoms with Gasteiger partial charge in [0.25, 0.3) is 0 Å². The fraction of sp³-hybridized carbons (Fsp3) is 0.385. The fourth-order valence-electron chi connectivity index (χ4n) is 4.25. The van der Waals surface area contributed by atoms with Gasteiger partial charge in [0, 0.05) is 44.1 Å². The first kappa shape index (κ1) is 28.0. The molecule has 0 aromatic heterocycles. The van der Waals surface area contributed by atoms with Gasteiger partial charge in [0.1, 0.15) is 12.6 Å². The number of nitrogens with one attached hydrogen (secondary N) is 1. The Kier molecular flexibility index (Phi) is 9.17. The highest BCUT2D eigenvalue weighted by molar-refractivity contribution is 5.91. The van der Waals surface area contributed by atoms with Gasteiger partial charge in [-0.2, -0.15) is 13.2 Å². The molecule has 2 aromatic carbocycles. The molecular formula is C26H33F3N6O2. The fourth-order valence-corrected chi connectivity index (χ4v) is 4.25. The van der Waals surface area contributed by atoms with Crippen molar-refractivity contribution < 1.29 is 22.8 Å². The van der Waals surface area contributed by atoms with Crippen LogP contribution in [0.3, 0.4) is 0 Å². The molecule has 11 heteroatoms. The SMILES string of the molecule is C=CN(C(=O)N(N)c1ccc(N2CCN(C(C(=O)NCC(F)(F)F)c3ccccc3)CC2)cc1)C(C)C. The number of urea groups is 1. The van der Waals surface area contributed by atoms with Gasteiger partial charge in [-0.3, -0.25) is 14.6 Å². The largest absolute Gasteiger partial charge is 0.405 e. The maximum absolute atomic E-state index is 12.8. The summed E-state index contributed by atoms with van der Waals surface area (Å²) in [4.78, 5) is 30.8. The molecule has 1 heterocycles. The van der Waals surface area contributed by atoms with Crippen LogP contribution >= 0.6 is 0 Å². The number of rotatable bonds is 8. The van der Waals surface area contributed by atoms with Gasteiger partial charge in [0.2, 0.25) is 5.91 Å². The molecule has 0 aliphatic carbocycles. The Morgan fingerprint density at radius 2 is 1.65 bits per heavy atom. The molecule has 1 aliphatic heterocycles. The highest BCUT2D eigenvalue weighted by Gasteiger charge is 2.34. The lowest BCUT2D eigenvalue weighted by molar-refractivity contribution is -0.142. The number of hydrazine groups is 1. The second-order valence-corrected chi connectivity index (χ2v) is 9.02. The first-order valence-corrected chi connectivity index (χ1v) is 12.0. The van der Waals surface area contributed by atoms with Crippen molar-refractivity contribution >= 4 is 23.3 Å². The number of carbonyl (C=O) groups is 2. The Balaban J connectivity index is 1.67. The number of piperazine rings is 1. The molecule has 2 aromatic rings. The van der Waals surface area contributed by atoms with Crippen molar-refractivity contribution in [3.8, 4) is 0 Å². The van der Waals surface area contributed by atoms with E-state index in [0.717, 1.165) is 10.7 Å². The monoisotopic (exact) mass is 518 g/mol. The Morgan fingerprint density at radius 1 is 1.05 bits per heavy atom. The van der Waals surface area contributed by atoms with E-state index in [2.05, 4.69) is 11.5 Å². The van der Waals surface area contributed by atoms with Crippen LogP contribution in [-0.4, -0.2) is 66.7 Å². The Morgan fingerprint density at radius 3 is 2.16 bits per heavy atom. The highest BCUT2D eigenvalue weighted by Crippen LogP contribution is 2.26. The van der Waals surface area contributed by atoms with E-state index in [1.807, 2.05) is 36.2 Å². The van der Waals surface area contributed by atoms with E-state index >= 15 is 0 Å². The number of alkyl halides is 3. The molecule has 1 saturated heterocycles. The lowest BCUT2D eigenvalue weighted by atomic mass is 10.0. The molecule has 0 bridgehead atoms. The van der Waals surface area contributed by atoms with E-state index in [9.17, 15) is 22.8 Å². The standard InChI is InChI=1S/C26H33F3N6O2/c1-4-34(19(2)3)25(37)35(30)22-12-10-21(11-13-22)32-14-16-33(17-15-32)23(20-8-6-5-7-9-20)24(36)31-18-26(27,28)29/h4-13,19,23H,1,14-18,30H2,2-3H3,(H,31,36). The third kappa shape index (κ3) is 7.23. The number of halogens is 3. The zero-order chi connectivity index (χ0) is 27.2. The molecule has 0 saturated carbocycles. The van der Waals surface area contributed by atoms with E-state index in [0.29, 0.717) is 37.4 Å². The number of benzene rings is 2. The van der Waals surface area contributed by atoms with Crippen LogP contribution in [0.5, 0.6) is 0 Å². The molecule has 3 amide bonds. The van der Waals surface area contributed by atoms with Gasteiger partial charge in [0.05, 0.1) is 5.69 Å². The smallest absolute Gasteiger partial charge is 0.369 e. The van der Waals surface area contributed by atoms with Crippen molar-refractivity contribution in [1.29, 1.82) is 0 Å². The summed E-state index contributed by atoms with van der Waals surface area (Å²) in [6.45, 7) is 8.10. The van der Waals surface area contributed by atoms with Crippen molar-refractivity contribution in [2.24, 2.45) is 5.84 Å². The van der Waals surface area contributed by atoms with Crippen molar-refractivity contribution in [2.75, 3.05) is 42.6 Å². The zero-order valence-electron chi connectivity index (χ0n) is 21.0. The summed E-state index contributed by atoms with van der Waals surface area (Å²) in [7, 11) is 0. The predicted octanol–water partition coefficient (Wildman–Crippen LogP) is 3.88. The summed E-state index contributed by atoms with van der Waals surface area (Å²) in [6.07, 6.45) is -3.04.